The van der Waals surface area contributed by atoms with Crippen molar-refractivity contribution in [2.24, 2.45) is 5.92 Å². The third-order valence-electron chi connectivity index (χ3n) is 4.65. The van der Waals surface area contributed by atoms with Gasteiger partial charge in [0, 0.05) is 18.3 Å². The molecule has 2 atom stereocenters. The lowest BCUT2D eigenvalue weighted by atomic mass is 9.89. The van der Waals surface area contributed by atoms with Gasteiger partial charge in [-0.25, -0.2) is 13.6 Å². The maximum absolute atomic E-state index is 13.1. The van der Waals surface area contributed by atoms with Crippen molar-refractivity contribution in [1.29, 1.82) is 0 Å². The zero-order valence-corrected chi connectivity index (χ0v) is 14.5. The molecular formula is C20H23F2N3O. The summed E-state index contributed by atoms with van der Waals surface area (Å²) >= 11 is 0. The third-order valence-corrected chi connectivity index (χ3v) is 4.65. The number of carbonyl (C=O) groups excluding carboxylic acids is 1. The van der Waals surface area contributed by atoms with Crippen LogP contribution in [-0.2, 0) is 6.42 Å². The molecule has 1 heterocycles. The van der Waals surface area contributed by atoms with E-state index in [4.69, 9.17) is 0 Å². The number of halogens is 2. The van der Waals surface area contributed by atoms with Gasteiger partial charge in [0.1, 0.15) is 11.6 Å². The molecule has 138 valence electrons. The highest BCUT2D eigenvalue weighted by molar-refractivity contribution is 5.89. The first-order valence-electron chi connectivity index (χ1n) is 8.87. The number of hydrogen-bond acceptors (Lipinski definition) is 2. The highest BCUT2D eigenvalue weighted by atomic mass is 19.1. The van der Waals surface area contributed by atoms with Crippen LogP contribution in [0.25, 0.3) is 0 Å². The molecule has 0 unspecified atom stereocenters. The van der Waals surface area contributed by atoms with E-state index in [0.717, 1.165) is 31.4 Å². The molecule has 0 radical (unpaired) electrons. The van der Waals surface area contributed by atoms with Crippen LogP contribution in [0.2, 0.25) is 0 Å². The van der Waals surface area contributed by atoms with Crippen LogP contribution in [-0.4, -0.2) is 25.2 Å². The largest absolute Gasteiger partial charge is 0.336 e. The molecule has 2 amide bonds. The Kier molecular flexibility index (Phi) is 6.17. The Morgan fingerprint density at radius 2 is 1.88 bits per heavy atom. The Bertz CT molecular complexity index is 728. The molecule has 0 saturated carbocycles. The van der Waals surface area contributed by atoms with Crippen molar-refractivity contribution in [3.63, 3.8) is 0 Å². The Morgan fingerprint density at radius 3 is 2.58 bits per heavy atom. The average molecular weight is 359 g/mol. The van der Waals surface area contributed by atoms with Crippen LogP contribution < -0.4 is 16.0 Å². The standard InChI is InChI=1S/C20H23F2N3O/c21-16-7-4-14(5-8-16)10-15-6-9-19(23-12-15)13-24-20(26)25-18-3-1-2-17(22)11-18/h1-5,7-8,11,15,19,23H,6,9-10,12-13H2,(H2,24,25,26)/t15-,19+/m1/s1. The normalized spacial score (nSPS) is 19.8. The molecule has 2 aromatic rings. The van der Waals surface area contributed by atoms with E-state index in [9.17, 15) is 13.6 Å². The van der Waals surface area contributed by atoms with Gasteiger partial charge in [-0.3, -0.25) is 0 Å². The predicted molar refractivity (Wildman–Crippen MR) is 98.0 cm³/mol. The van der Waals surface area contributed by atoms with E-state index < -0.39 is 0 Å². The van der Waals surface area contributed by atoms with Crippen LogP contribution in [0.15, 0.2) is 48.5 Å². The van der Waals surface area contributed by atoms with Gasteiger partial charge in [0.2, 0.25) is 0 Å². The molecule has 26 heavy (non-hydrogen) atoms. The Labute approximate surface area is 152 Å². The number of amides is 2. The second kappa shape index (κ2) is 8.76. The molecule has 4 nitrogen and oxygen atoms in total. The smallest absolute Gasteiger partial charge is 0.319 e. The summed E-state index contributed by atoms with van der Waals surface area (Å²) in [4.78, 5) is 11.9. The fourth-order valence-corrected chi connectivity index (χ4v) is 3.23. The Morgan fingerprint density at radius 1 is 1.08 bits per heavy atom. The van der Waals surface area contributed by atoms with Crippen LogP contribution in [0.5, 0.6) is 0 Å². The summed E-state index contributed by atoms with van der Waals surface area (Å²) in [5.41, 5.74) is 1.57. The van der Waals surface area contributed by atoms with Gasteiger partial charge in [-0.15, -0.1) is 0 Å². The second-order valence-electron chi connectivity index (χ2n) is 6.72. The first-order chi connectivity index (χ1) is 12.6. The van der Waals surface area contributed by atoms with Crippen LogP contribution in [0.1, 0.15) is 18.4 Å². The van der Waals surface area contributed by atoms with E-state index in [-0.39, 0.29) is 23.7 Å². The highest BCUT2D eigenvalue weighted by Crippen LogP contribution is 2.19. The number of nitrogens with one attached hydrogen (secondary N) is 3. The summed E-state index contributed by atoms with van der Waals surface area (Å²) in [6.07, 6.45) is 2.95. The number of piperidine rings is 1. The summed E-state index contributed by atoms with van der Waals surface area (Å²) in [7, 11) is 0. The lowest BCUT2D eigenvalue weighted by Gasteiger charge is -2.30. The van der Waals surface area contributed by atoms with Crippen molar-refractivity contribution >= 4 is 11.7 Å². The topological polar surface area (TPSA) is 53.2 Å². The van der Waals surface area contributed by atoms with E-state index >= 15 is 0 Å². The van der Waals surface area contributed by atoms with Gasteiger partial charge in [0.25, 0.3) is 0 Å². The van der Waals surface area contributed by atoms with Crippen molar-refractivity contribution < 1.29 is 13.6 Å². The van der Waals surface area contributed by atoms with E-state index in [1.54, 1.807) is 12.1 Å². The van der Waals surface area contributed by atoms with Crippen LogP contribution >= 0.6 is 0 Å². The van der Waals surface area contributed by atoms with E-state index in [1.807, 2.05) is 12.1 Å². The lowest BCUT2D eigenvalue weighted by molar-refractivity contribution is 0.247. The van der Waals surface area contributed by atoms with Gasteiger partial charge in [0.15, 0.2) is 0 Å². The first-order valence-corrected chi connectivity index (χ1v) is 8.87. The van der Waals surface area contributed by atoms with Gasteiger partial charge in [-0.2, -0.15) is 0 Å². The number of urea groups is 1. The molecule has 3 N–H and O–H groups in total. The van der Waals surface area contributed by atoms with Crippen molar-refractivity contribution in [2.75, 3.05) is 18.4 Å². The summed E-state index contributed by atoms with van der Waals surface area (Å²) in [6, 6.07) is 12.3. The number of carbonyl (C=O) groups is 1. The maximum Gasteiger partial charge on any atom is 0.319 e. The quantitative estimate of drug-likeness (QED) is 0.762. The molecule has 0 aromatic heterocycles. The van der Waals surface area contributed by atoms with Gasteiger partial charge in [-0.1, -0.05) is 18.2 Å². The Hall–Kier alpha value is -2.47. The number of benzene rings is 2. The molecule has 1 saturated heterocycles. The Balaban J connectivity index is 1.37. The molecule has 0 spiro atoms. The SMILES string of the molecule is O=C(NC[C@@H]1CC[C@H](Cc2ccc(F)cc2)CN1)Nc1cccc(F)c1. The van der Waals surface area contributed by atoms with E-state index in [1.165, 1.54) is 24.3 Å². The summed E-state index contributed by atoms with van der Waals surface area (Å²) in [5, 5.41) is 8.89. The summed E-state index contributed by atoms with van der Waals surface area (Å²) in [6.45, 7) is 1.39. The average Bonchev–Trinajstić information content (AvgIpc) is 2.63. The van der Waals surface area contributed by atoms with Crippen LogP contribution in [0.4, 0.5) is 19.3 Å². The molecule has 1 fully saturated rings. The molecule has 3 rings (SSSR count). The van der Waals surface area contributed by atoms with Crippen molar-refractivity contribution in [1.82, 2.24) is 10.6 Å². The van der Waals surface area contributed by atoms with Crippen molar-refractivity contribution in [3.8, 4) is 0 Å². The number of rotatable bonds is 5. The van der Waals surface area contributed by atoms with Gasteiger partial charge in [0.05, 0.1) is 0 Å². The minimum Gasteiger partial charge on any atom is -0.336 e. The molecule has 1 aliphatic rings. The van der Waals surface area contributed by atoms with Crippen molar-refractivity contribution in [3.05, 3.63) is 65.7 Å². The first kappa shape index (κ1) is 18.3. The highest BCUT2D eigenvalue weighted by Gasteiger charge is 2.21. The van der Waals surface area contributed by atoms with Gasteiger partial charge in [-0.05, 0) is 67.6 Å². The number of anilines is 1. The second-order valence-corrected chi connectivity index (χ2v) is 6.72. The molecule has 0 aliphatic carbocycles. The fraction of sp³-hybridized carbons (Fsp3) is 0.350. The number of hydrogen-bond donors (Lipinski definition) is 3. The van der Waals surface area contributed by atoms with Crippen LogP contribution in [0.3, 0.4) is 0 Å². The zero-order chi connectivity index (χ0) is 18.4. The minimum atomic E-state index is -0.385. The molecule has 6 heteroatoms. The van der Waals surface area contributed by atoms with Crippen LogP contribution in [0, 0.1) is 17.6 Å². The monoisotopic (exact) mass is 359 g/mol. The minimum absolute atomic E-state index is 0.210. The van der Waals surface area contributed by atoms with E-state index in [0.29, 0.717) is 18.2 Å². The van der Waals surface area contributed by atoms with Gasteiger partial charge < -0.3 is 16.0 Å². The summed E-state index contributed by atoms with van der Waals surface area (Å²) < 4.78 is 26.1. The lowest BCUT2D eigenvalue weighted by Crippen LogP contribution is -2.47. The fourth-order valence-electron chi connectivity index (χ4n) is 3.23. The van der Waals surface area contributed by atoms with Gasteiger partial charge >= 0.3 is 6.03 Å². The molecule has 0 bridgehead atoms. The molecule has 1 aliphatic heterocycles. The third kappa shape index (κ3) is 5.52. The van der Waals surface area contributed by atoms with E-state index in [2.05, 4.69) is 16.0 Å². The molecule has 2 aromatic carbocycles. The predicted octanol–water partition coefficient (Wildman–Crippen LogP) is 3.70. The molecular weight excluding hydrogens is 336 g/mol. The van der Waals surface area contributed by atoms with Crippen molar-refractivity contribution in [2.45, 2.75) is 25.3 Å². The zero-order valence-electron chi connectivity index (χ0n) is 14.5. The summed E-state index contributed by atoms with van der Waals surface area (Å²) in [5.74, 6) is -0.0834. The maximum atomic E-state index is 13.1.